The lowest BCUT2D eigenvalue weighted by Gasteiger charge is -2.30. The van der Waals surface area contributed by atoms with E-state index in [1.807, 2.05) is 0 Å². The zero-order chi connectivity index (χ0) is 22.7. The molecule has 0 unspecified atom stereocenters. The van der Waals surface area contributed by atoms with Crippen molar-refractivity contribution in [2.75, 3.05) is 33.9 Å². The number of nitrogens with one attached hydrogen (secondary N) is 2. The standard InChI is InChI=1S/C21H35N5O5/c1-16(27)24-21(11-6-4-5-7-12-21)20-23-18(31-25-20)9-10-19(29)26(2)15-17(28)22-13-8-14-30-3/h4-15H2,1-3H3,(H,22,28)(H,24,27). The second-order valence-electron chi connectivity index (χ2n) is 8.14. The Morgan fingerprint density at radius 1 is 1.19 bits per heavy atom. The number of nitrogens with zero attached hydrogens (tertiary/aromatic N) is 3. The zero-order valence-electron chi connectivity index (χ0n) is 18.9. The van der Waals surface area contributed by atoms with Crippen LogP contribution >= 0.6 is 0 Å². The number of carbonyl (C=O) groups is 3. The van der Waals surface area contributed by atoms with Crippen molar-refractivity contribution in [3.05, 3.63) is 11.7 Å². The summed E-state index contributed by atoms with van der Waals surface area (Å²) in [5.74, 6) is 0.326. The Morgan fingerprint density at radius 2 is 1.90 bits per heavy atom. The minimum absolute atomic E-state index is 0.00740. The van der Waals surface area contributed by atoms with Gasteiger partial charge in [0, 0.05) is 47.1 Å². The van der Waals surface area contributed by atoms with Gasteiger partial charge in [0.05, 0.1) is 6.54 Å². The van der Waals surface area contributed by atoms with Crippen molar-refractivity contribution in [2.24, 2.45) is 0 Å². The molecule has 0 aliphatic heterocycles. The normalized spacial score (nSPS) is 15.7. The van der Waals surface area contributed by atoms with Gasteiger partial charge in [-0.3, -0.25) is 14.4 Å². The molecule has 0 bridgehead atoms. The Bertz CT molecular complexity index is 727. The van der Waals surface area contributed by atoms with Crippen molar-refractivity contribution in [1.29, 1.82) is 0 Å². The summed E-state index contributed by atoms with van der Waals surface area (Å²) in [5, 5.41) is 9.92. The minimum atomic E-state index is -0.605. The lowest BCUT2D eigenvalue weighted by Crippen LogP contribution is -2.45. The van der Waals surface area contributed by atoms with Gasteiger partial charge in [0.1, 0.15) is 5.54 Å². The first kappa shape index (κ1) is 24.8. The van der Waals surface area contributed by atoms with E-state index in [-0.39, 0.29) is 37.1 Å². The van der Waals surface area contributed by atoms with E-state index in [0.29, 0.717) is 24.9 Å². The molecule has 1 aliphatic carbocycles. The maximum absolute atomic E-state index is 12.4. The lowest BCUT2D eigenvalue weighted by atomic mass is 9.89. The van der Waals surface area contributed by atoms with Gasteiger partial charge in [-0.25, -0.2) is 0 Å². The van der Waals surface area contributed by atoms with Crippen molar-refractivity contribution in [2.45, 2.75) is 70.3 Å². The van der Waals surface area contributed by atoms with Gasteiger partial charge in [0.2, 0.25) is 23.6 Å². The second-order valence-corrected chi connectivity index (χ2v) is 8.14. The molecule has 1 aromatic rings. The highest BCUT2D eigenvalue weighted by atomic mass is 16.5. The molecule has 0 saturated heterocycles. The highest BCUT2D eigenvalue weighted by Gasteiger charge is 2.38. The van der Waals surface area contributed by atoms with Gasteiger partial charge < -0.3 is 24.8 Å². The number of aromatic nitrogens is 2. The number of aryl methyl sites for hydroxylation is 1. The van der Waals surface area contributed by atoms with E-state index in [9.17, 15) is 14.4 Å². The fraction of sp³-hybridized carbons (Fsp3) is 0.762. The third-order valence-electron chi connectivity index (χ3n) is 5.48. The summed E-state index contributed by atoms with van der Waals surface area (Å²) >= 11 is 0. The summed E-state index contributed by atoms with van der Waals surface area (Å²) in [6.45, 7) is 2.57. The third kappa shape index (κ3) is 7.93. The van der Waals surface area contributed by atoms with Crippen molar-refractivity contribution >= 4 is 17.7 Å². The number of carbonyl (C=O) groups excluding carboxylic acids is 3. The van der Waals surface area contributed by atoms with Gasteiger partial charge in [-0.05, 0) is 19.3 Å². The summed E-state index contributed by atoms with van der Waals surface area (Å²) in [6.07, 6.45) is 6.91. The van der Waals surface area contributed by atoms with Crippen LogP contribution in [0.1, 0.15) is 70.0 Å². The number of hydrogen-bond donors (Lipinski definition) is 2. The molecule has 1 fully saturated rings. The SMILES string of the molecule is COCCCNC(=O)CN(C)C(=O)CCc1nc(C2(NC(C)=O)CCCCCC2)no1. The van der Waals surface area contributed by atoms with Crippen LogP contribution in [0.4, 0.5) is 0 Å². The Morgan fingerprint density at radius 3 is 2.55 bits per heavy atom. The van der Waals surface area contributed by atoms with Crippen LogP contribution in [0.3, 0.4) is 0 Å². The number of methoxy groups -OCH3 is 1. The summed E-state index contributed by atoms with van der Waals surface area (Å²) < 4.78 is 10.3. The van der Waals surface area contributed by atoms with E-state index in [0.717, 1.165) is 44.9 Å². The fourth-order valence-corrected chi connectivity index (χ4v) is 3.83. The van der Waals surface area contributed by atoms with Crippen LogP contribution in [0, 0.1) is 0 Å². The van der Waals surface area contributed by atoms with E-state index in [4.69, 9.17) is 9.26 Å². The molecule has 3 amide bonds. The van der Waals surface area contributed by atoms with E-state index in [1.165, 1.54) is 11.8 Å². The maximum atomic E-state index is 12.4. The molecular formula is C21H35N5O5. The van der Waals surface area contributed by atoms with Crippen LogP contribution < -0.4 is 10.6 Å². The van der Waals surface area contributed by atoms with Gasteiger partial charge in [0.15, 0.2) is 5.82 Å². The molecule has 1 aliphatic rings. The molecule has 1 aromatic heterocycles. The molecule has 1 saturated carbocycles. The first-order valence-electron chi connectivity index (χ1n) is 11.0. The molecule has 0 aromatic carbocycles. The van der Waals surface area contributed by atoms with E-state index < -0.39 is 5.54 Å². The van der Waals surface area contributed by atoms with Gasteiger partial charge in [0.25, 0.3) is 0 Å². The van der Waals surface area contributed by atoms with Gasteiger partial charge in [-0.15, -0.1) is 0 Å². The number of ether oxygens (including phenoxy) is 1. The van der Waals surface area contributed by atoms with Crippen molar-refractivity contribution in [1.82, 2.24) is 25.7 Å². The average Bonchev–Trinajstić information content (AvgIpc) is 3.09. The summed E-state index contributed by atoms with van der Waals surface area (Å²) in [7, 11) is 3.20. The van der Waals surface area contributed by atoms with Crippen molar-refractivity contribution < 1.29 is 23.6 Å². The Hall–Kier alpha value is -2.49. The molecule has 2 N–H and O–H groups in total. The van der Waals surface area contributed by atoms with E-state index in [1.54, 1.807) is 14.2 Å². The summed E-state index contributed by atoms with van der Waals surface area (Å²) in [6, 6.07) is 0. The molecule has 0 spiro atoms. The largest absolute Gasteiger partial charge is 0.385 e. The molecule has 10 nitrogen and oxygen atoms in total. The van der Waals surface area contributed by atoms with E-state index >= 15 is 0 Å². The molecule has 0 radical (unpaired) electrons. The van der Waals surface area contributed by atoms with E-state index in [2.05, 4.69) is 20.8 Å². The second kappa shape index (κ2) is 12.4. The quantitative estimate of drug-likeness (QED) is 0.395. The summed E-state index contributed by atoms with van der Waals surface area (Å²) in [4.78, 5) is 42.0. The predicted molar refractivity (Wildman–Crippen MR) is 113 cm³/mol. The molecule has 31 heavy (non-hydrogen) atoms. The molecule has 10 heteroatoms. The topological polar surface area (TPSA) is 127 Å². The predicted octanol–water partition coefficient (Wildman–Crippen LogP) is 1.30. The highest BCUT2D eigenvalue weighted by Crippen LogP contribution is 2.34. The number of amides is 3. The van der Waals surface area contributed by atoms with Crippen LogP contribution in [0.5, 0.6) is 0 Å². The molecule has 2 rings (SSSR count). The summed E-state index contributed by atoms with van der Waals surface area (Å²) in [5.41, 5.74) is -0.605. The average molecular weight is 438 g/mol. The number of hydrogen-bond acceptors (Lipinski definition) is 7. The smallest absolute Gasteiger partial charge is 0.239 e. The van der Waals surface area contributed by atoms with Crippen molar-refractivity contribution in [3.8, 4) is 0 Å². The van der Waals surface area contributed by atoms with Crippen LogP contribution in [-0.4, -0.2) is 66.6 Å². The fourth-order valence-electron chi connectivity index (χ4n) is 3.83. The lowest BCUT2D eigenvalue weighted by molar-refractivity contribution is -0.134. The molecule has 0 atom stereocenters. The zero-order valence-corrected chi connectivity index (χ0v) is 18.9. The Kier molecular flexibility index (Phi) is 9.90. The van der Waals surface area contributed by atoms with Gasteiger partial charge >= 0.3 is 0 Å². The Labute approximate surface area is 183 Å². The first-order valence-corrected chi connectivity index (χ1v) is 11.0. The monoisotopic (exact) mass is 437 g/mol. The van der Waals surface area contributed by atoms with Crippen LogP contribution in [0.2, 0.25) is 0 Å². The number of rotatable bonds is 11. The molecule has 174 valence electrons. The Balaban J connectivity index is 1.88. The highest BCUT2D eigenvalue weighted by molar-refractivity contribution is 5.84. The van der Waals surface area contributed by atoms with Gasteiger partial charge in [-0.1, -0.05) is 30.8 Å². The third-order valence-corrected chi connectivity index (χ3v) is 5.48. The maximum Gasteiger partial charge on any atom is 0.239 e. The first-order chi connectivity index (χ1) is 14.9. The minimum Gasteiger partial charge on any atom is -0.385 e. The van der Waals surface area contributed by atoms with Gasteiger partial charge in [-0.2, -0.15) is 4.98 Å². The molecular weight excluding hydrogens is 402 g/mol. The van der Waals surface area contributed by atoms with Crippen LogP contribution in [0.25, 0.3) is 0 Å². The molecule has 1 heterocycles. The van der Waals surface area contributed by atoms with Crippen molar-refractivity contribution in [3.63, 3.8) is 0 Å². The van der Waals surface area contributed by atoms with Crippen LogP contribution in [-0.2, 0) is 31.1 Å². The number of likely N-dealkylation sites (N-methyl/N-ethyl adjacent to an activating group) is 1. The van der Waals surface area contributed by atoms with Crippen LogP contribution in [0.15, 0.2) is 4.52 Å².